The molecule has 3 aromatic rings. The molecular formula is C30H29ClN4O7. The number of fused-ring (bicyclic) bond motifs is 7. The molecule has 3 aliphatic heterocycles. The predicted molar refractivity (Wildman–Crippen MR) is 152 cm³/mol. The molecule has 12 heteroatoms. The summed E-state index contributed by atoms with van der Waals surface area (Å²) in [6.45, 7) is 0.937. The van der Waals surface area contributed by atoms with Crippen LogP contribution in [0.4, 0.5) is 0 Å². The van der Waals surface area contributed by atoms with Crippen LogP contribution in [0.15, 0.2) is 59.5 Å². The number of aromatic amines is 1. The van der Waals surface area contributed by atoms with Crippen molar-refractivity contribution in [3.8, 4) is 17.2 Å². The van der Waals surface area contributed by atoms with E-state index in [1.807, 2.05) is 12.1 Å². The molecule has 4 aliphatic rings. The van der Waals surface area contributed by atoms with Gasteiger partial charge < -0.3 is 34.7 Å². The van der Waals surface area contributed by atoms with Gasteiger partial charge in [0.2, 0.25) is 0 Å². The van der Waals surface area contributed by atoms with E-state index in [2.05, 4.69) is 15.6 Å². The molecule has 0 radical (unpaired) electrons. The zero-order valence-corrected chi connectivity index (χ0v) is 23.3. The van der Waals surface area contributed by atoms with E-state index >= 15 is 0 Å². The van der Waals surface area contributed by atoms with Crippen LogP contribution in [-0.4, -0.2) is 66.1 Å². The normalized spacial score (nSPS) is 20.5. The fourth-order valence-corrected chi connectivity index (χ4v) is 5.01. The molecule has 7 rings (SSSR count). The molecule has 2 fully saturated rings. The van der Waals surface area contributed by atoms with Crippen molar-refractivity contribution in [2.24, 2.45) is 5.92 Å². The number of hydrogen-bond donors (Lipinski definition) is 3. The lowest BCUT2D eigenvalue weighted by atomic mass is 10.1. The molecule has 1 aromatic heterocycles. The highest BCUT2D eigenvalue weighted by molar-refractivity contribution is 6.30. The highest BCUT2D eigenvalue weighted by Gasteiger charge is 2.38. The van der Waals surface area contributed by atoms with Gasteiger partial charge in [-0.3, -0.25) is 19.2 Å². The number of carbonyl (C=O) groups is 3. The first-order chi connectivity index (χ1) is 20.3. The van der Waals surface area contributed by atoms with Crippen LogP contribution in [0, 0.1) is 5.92 Å². The van der Waals surface area contributed by atoms with E-state index in [4.69, 9.17) is 25.8 Å². The van der Waals surface area contributed by atoms with Crippen LogP contribution < -0.4 is 30.4 Å². The number of ether oxygens (including phenoxy) is 3. The Labute approximate surface area is 246 Å². The molecule has 1 aliphatic carbocycles. The number of rotatable bonds is 4. The smallest absolute Gasteiger partial charge is 0.266 e. The molecule has 0 unspecified atom stereocenters. The predicted octanol–water partition coefficient (Wildman–Crippen LogP) is 2.53. The van der Waals surface area contributed by atoms with Crippen molar-refractivity contribution >= 4 is 29.3 Å². The van der Waals surface area contributed by atoms with Crippen LogP contribution >= 0.6 is 11.6 Å². The van der Waals surface area contributed by atoms with E-state index in [1.54, 1.807) is 35.2 Å². The Morgan fingerprint density at radius 1 is 1.02 bits per heavy atom. The first-order valence-corrected chi connectivity index (χ1v) is 14.1. The summed E-state index contributed by atoms with van der Waals surface area (Å²) in [6, 6.07) is 12.8. The number of nitrogens with zero attached hydrogens (tertiary/aromatic N) is 1. The van der Waals surface area contributed by atoms with Gasteiger partial charge in [-0.2, -0.15) is 0 Å². The molecule has 0 spiro atoms. The summed E-state index contributed by atoms with van der Waals surface area (Å²) < 4.78 is 17.9. The second-order valence-electron chi connectivity index (χ2n) is 10.7. The summed E-state index contributed by atoms with van der Waals surface area (Å²) in [6.07, 6.45) is 2.95. The number of benzene rings is 2. The van der Waals surface area contributed by atoms with Crippen molar-refractivity contribution in [3.05, 3.63) is 86.8 Å². The summed E-state index contributed by atoms with van der Waals surface area (Å²) in [7, 11) is 0. The monoisotopic (exact) mass is 592 g/mol. The van der Waals surface area contributed by atoms with Gasteiger partial charge in [-0.1, -0.05) is 23.7 Å². The van der Waals surface area contributed by atoms with Crippen molar-refractivity contribution in [3.63, 3.8) is 0 Å². The van der Waals surface area contributed by atoms with Crippen LogP contribution in [0.1, 0.15) is 39.1 Å². The zero-order valence-electron chi connectivity index (χ0n) is 22.6. The molecule has 42 heavy (non-hydrogen) atoms. The van der Waals surface area contributed by atoms with Crippen LogP contribution in [0.25, 0.3) is 0 Å². The van der Waals surface area contributed by atoms with Gasteiger partial charge in [-0.25, -0.2) is 0 Å². The minimum absolute atomic E-state index is 0.0936. The summed E-state index contributed by atoms with van der Waals surface area (Å²) in [4.78, 5) is 55.0. The number of halogens is 1. The van der Waals surface area contributed by atoms with Crippen molar-refractivity contribution in [1.29, 1.82) is 0 Å². The number of carbonyl (C=O) groups excluding carboxylic acids is 3. The van der Waals surface area contributed by atoms with E-state index in [1.165, 1.54) is 12.3 Å². The van der Waals surface area contributed by atoms with Gasteiger partial charge in [-0.15, -0.1) is 0 Å². The van der Waals surface area contributed by atoms with Crippen molar-refractivity contribution in [2.75, 3.05) is 26.3 Å². The summed E-state index contributed by atoms with van der Waals surface area (Å²) in [5.41, 5.74) is 0.868. The Kier molecular flexibility index (Phi) is 7.75. The maximum absolute atomic E-state index is 13.6. The molecule has 3 N–H and O–H groups in total. The van der Waals surface area contributed by atoms with Gasteiger partial charge in [0.05, 0.1) is 24.8 Å². The molecule has 4 bridgehead atoms. The van der Waals surface area contributed by atoms with Gasteiger partial charge in [0.1, 0.15) is 28.4 Å². The topological polar surface area (TPSA) is 139 Å². The molecular weight excluding hydrogens is 564 g/mol. The van der Waals surface area contributed by atoms with Crippen molar-refractivity contribution in [2.45, 2.75) is 31.5 Å². The third-order valence-corrected chi connectivity index (χ3v) is 7.65. The average molecular weight is 593 g/mol. The number of hydrogen-bond acceptors (Lipinski definition) is 7. The van der Waals surface area contributed by atoms with Crippen LogP contribution in [0.5, 0.6) is 17.2 Å². The maximum atomic E-state index is 13.6. The van der Waals surface area contributed by atoms with E-state index in [-0.39, 0.29) is 47.7 Å². The Morgan fingerprint density at radius 3 is 2.60 bits per heavy atom. The first kappa shape index (κ1) is 27.6. The second-order valence-corrected chi connectivity index (χ2v) is 11.1. The van der Waals surface area contributed by atoms with E-state index in [0.717, 1.165) is 18.4 Å². The standard InChI is InChI=1S/C30H29ClN4O7/c31-24-9-20(12-33-29(24)38)30(39)35-13-25-26(14-35)42-21-5-3-17(4-6-21)11-32-27(36)16-41-23-8-19(28(37)34-25)7-22(10-23)40-15-18-1-2-18/h3-10,12,18,25-26H,1-2,11,13-16H2,(H,32,36)(H,33,38)(H,34,37)/t25-,26-/m0/s1. The van der Waals surface area contributed by atoms with E-state index < -0.39 is 23.6 Å². The van der Waals surface area contributed by atoms with Gasteiger partial charge >= 0.3 is 0 Å². The molecule has 3 amide bonds. The maximum Gasteiger partial charge on any atom is 0.266 e. The highest BCUT2D eigenvalue weighted by Crippen LogP contribution is 2.31. The molecule has 2 atom stereocenters. The number of nitrogens with one attached hydrogen (secondary N) is 3. The minimum atomic E-state index is -0.581. The summed E-state index contributed by atoms with van der Waals surface area (Å²) in [5, 5.41) is 5.74. The zero-order chi connectivity index (χ0) is 29.2. The summed E-state index contributed by atoms with van der Waals surface area (Å²) >= 11 is 5.95. The molecule has 4 heterocycles. The molecule has 1 saturated carbocycles. The lowest BCUT2D eigenvalue weighted by Crippen LogP contribution is -2.45. The third kappa shape index (κ3) is 6.52. The van der Waals surface area contributed by atoms with Crippen LogP contribution in [-0.2, 0) is 11.3 Å². The second kappa shape index (κ2) is 11.8. The van der Waals surface area contributed by atoms with Gasteiger partial charge in [0.15, 0.2) is 6.61 Å². The van der Waals surface area contributed by atoms with Gasteiger partial charge in [0.25, 0.3) is 23.3 Å². The fraction of sp³-hybridized carbons (Fsp3) is 0.333. The summed E-state index contributed by atoms with van der Waals surface area (Å²) in [5.74, 6) is 0.740. The van der Waals surface area contributed by atoms with E-state index in [9.17, 15) is 19.2 Å². The Bertz CT molecular complexity index is 1570. The number of amides is 3. The fourth-order valence-electron chi connectivity index (χ4n) is 4.84. The Morgan fingerprint density at radius 2 is 1.83 bits per heavy atom. The lowest BCUT2D eigenvalue weighted by Gasteiger charge is -2.21. The van der Waals surface area contributed by atoms with Gasteiger partial charge in [0, 0.05) is 30.9 Å². The molecule has 1 saturated heterocycles. The molecule has 218 valence electrons. The van der Waals surface area contributed by atoms with Crippen LogP contribution in [0.2, 0.25) is 5.02 Å². The highest BCUT2D eigenvalue weighted by atomic mass is 35.5. The number of likely N-dealkylation sites (tertiary alicyclic amines) is 1. The SMILES string of the molecule is O=C1COc2cc(OCC3CC3)cc(c2)C(=O)N[C@H]2CN(C(=O)c3c[nH]c(=O)c(Cl)c3)C[C@@H]2Oc2ccc(cc2)CN1. The number of aromatic nitrogens is 1. The van der Waals surface area contributed by atoms with Crippen molar-refractivity contribution < 1.29 is 28.6 Å². The van der Waals surface area contributed by atoms with Crippen LogP contribution in [0.3, 0.4) is 0 Å². The third-order valence-electron chi connectivity index (χ3n) is 7.37. The number of H-pyrrole nitrogens is 1. The molecule has 11 nitrogen and oxygen atoms in total. The number of pyridine rings is 1. The lowest BCUT2D eigenvalue weighted by molar-refractivity contribution is -0.123. The minimum Gasteiger partial charge on any atom is -0.493 e. The van der Waals surface area contributed by atoms with E-state index in [0.29, 0.717) is 36.3 Å². The molecule has 2 aromatic carbocycles. The quantitative estimate of drug-likeness (QED) is 0.423. The Balaban J connectivity index is 1.29. The average Bonchev–Trinajstić information content (AvgIpc) is 3.75. The first-order valence-electron chi connectivity index (χ1n) is 13.7. The largest absolute Gasteiger partial charge is 0.493 e. The Hall–Kier alpha value is -4.51. The van der Waals surface area contributed by atoms with Crippen molar-refractivity contribution in [1.82, 2.24) is 20.5 Å². The van der Waals surface area contributed by atoms with Gasteiger partial charge in [-0.05, 0) is 54.7 Å².